The highest BCUT2D eigenvalue weighted by molar-refractivity contribution is 5.68. The van der Waals surface area contributed by atoms with Crippen molar-refractivity contribution in [1.29, 1.82) is 0 Å². The summed E-state index contributed by atoms with van der Waals surface area (Å²) in [5.74, 6) is 2.09. The van der Waals surface area contributed by atoms with Crippen LogP contribution in [0.1, 0.15) is 18.4 Å². The van der Waals surface area contributed by atoms with E-state index in [2.05, 4.69) is 50.1 Å². The van der Waals surface area contributed by atoms with E-state index in [1.165, 1.54) is 24.1 Å². The maximum Gasteiger partial charge on any atom is 0.138 e. The Bertz CT molecular complexity index is 619. The molecule has 1 aromatic carbocycles. The summed E-state index contributed by atoms with van der Waals surface area (Å²) >= 11 is 0. The Morgan fingerprint density at radius 3 is 2.60 bits per heavy atom. The van der Waals surface area contributed by atoms with Crippen LogP contribution in [0.4, 0.5) is 17.3 Å². The van der Waals surface area contributed by atoms with Crippen molar-refractivity contribution in [3.63, 3.8) is 0 Å². The molecule has 0 atom stereocenters. The number of rotatable bonds is 2. The van der Waals surface area contributed by atoms with Gasteiger partial charge in [0.25, 0.3) is 0 Å². The Hall–Kier alpha value is -2.10. The quantitative estimate of drug-likeness (QED) is 0.836. The summed E-state index contributed by atoms with van der Waals surface area (Å²) in [4.78, 5) is 13.6. The number of anilines is 3. The van der Waals surface area contributed by atoms with Crippen molar-refractivity contribution in [2.24, 2.45) is 0 Å². The Kier molecular flexibility index (Phi) is 2.80. The van der Waals surface area contributed by atoms with Crippen LogP contribution in [0.15, 0.2) is 36.7 Å². The fraction of sp³-hybridized carbons (Fsp3) is 0.375. The minimum Gasteiger partial charge on any atom is -0.356 e. The van der Waals surface area contributed by atoms with Gasteiger partial charge < -0.3 is 9.80 Å². The lowest BCUT2D eigenvalue weighted by molar-refractivity contribution is 0.912. The average Bonchev–Trinajstić information content (AvgIpc) is 3.17. The molecule has 0 unspecified atom stereocenters. The Morgan fingerprint density at radius 2 is 1.70 bits per heavy atom. The van der Waals surface area contributed by atoms with Crippen LogP contribution in [0.25, 0.3) is 0 Å². The topological polar surface area (TPSA) is 32.3 Å². The third-order valence-electron chi connectivity index (χ3n) is 4.23. The van der Waals surface area contributed by atoms with Crippen LogP contribution in [-0.4, -0.2) is 29.6 Å². The fourth-order valence-corrected chi connectivity index (χ4v) is 3.18. The van der Waals surface area contributed by atoms with Gasteiger partial charge in [0.2, 0.25) is 0 Å². The van der Waals surface area contributed by atoms with E-state index < -0.39 is 0 Å². The summed E-state index contributed by atoms with van der Waals surface area (Å²) in [5.41, 5.74) is 2.70. The van der Waals surface area contributed by atoms with E-state index in [1.54, 1.807) is 6.33 Å². The van der Waals surface area contributed by atoms with Crippen molar-refractivity contribution < 1.29 is 0 Å². The lowest BCUT2D eigenvalue weighted by atomic mass is 10.2. The van der Waals surface area contributed by atoms with E-state index in [-0.39, 0.29) is 0 Å². The molecule has 0 amide bonds. The highest BCUT2D eigenvalue weighted by Crippen LogP contribution is 2.34. The lowest BCUT2D eigenvalue weighted by Crippen LogP contribution is -2.21. The third-order valence-corrected chi connectivity index (χ3v) is 4.23. The van der Waals surface area contributed by atoms with Gasteiger partial charge in [-0.2, -0.15) is 0 Å². The van der Waals surface area contributed by atoms with E-state index in [4.69, 9.17) is 0 Å². The molecule has 0 N–H and O–H groups in total. The van der Waals surface area contributed by atoms with Gasteiger partial charge in [-0.25, -0.2) is 9.97 Å². The van der Waals surface area contributed by atoms with Crippen molar-refractivity contribution >= 4 is 17.3 Å². The fourth-order valence-electron chi connectivity index (χ4n) is 3.18. The summed E-state index contributed by atoms with van der Waals surface area (Å²) in [5, 5.41) is 0. The van der Waals surface area contributed by atoms with Crippen LogP contribution in [0, 0.1) is 0 Å². The summed E-state index contributed by atoms with van der Waals surface area (Å²) < 4.78 is 0. The molecular formula is C16H18N4. The molecule has 4 heteroatoms. The van der Waals surface area contributed by atoms with Crippen LogP contribution in [0.5, 0.6) is 0 Å². The van der Waals surface area contributed by atoms with Crippen LogP contribution in [0.2, 0.25) is 0 Å². The van der Waals surface area contributed by atoms with Gasteiger partial charge in [-0.3, -0.25) is 0 Å². The van der Waals surface area contributed by atoms with Crippen molar-refractivity contribution in [3.05, 3.63) is 42.2 Å². The maximum absolute atomic E-state index is 4.48. The number of fused-ring (bicyclic) bond motifs is 1. The smallest absolute Gasteiger partial charge is 0.138 e. The van der Waals surface area contributed by atoms with Gasteiger partial charge in [0.05, 0.1) is 0 Å². The molecule has 1 saturated heterocycles. The average molecular weight is 266 g/mol. The molecule has 4 nitrogen and oxygen atoms in total. The Morgan fingerprint density at radius 1 is 0.900 bits per heavy atom. The molecule has 2 aliphatic rings. The molecule has 4 rings (SSSR count). The molecular weight excluding hydrogens is 248 g/mol. The van der Waals surface area contributed by atoms with Gasteiger partial charge >= 0.3 is 0 Å². The minimum atomic E-state index is 1.01. The number of aromatic nitrogens is 2. The second-order valence-corrected chi connectivity index (χ2v) is 5.46. The first-order chi connectivity index (χ1) is 9.92. The van der Waals surface area contributed by atoms with Crippen molar-refractivity contribution in [2.75, 3.05) is 29.4 Å². The summed E-state index contributed by atoms with van der Waals surface area (Å²) in [6.45, 7) is 3.25. The zero-order chi connectivity index (χ0) is 13.4. The first-order valence-corrected chi connectivity index (χ1v) is 7.34. The molecule has 0 saturated carbocycles. The summed E-state index contributed by atoms with van der Waals surface area (Å²) in [6.07, 6.45) is 5.33. The largest absolute Gasteiger partial charge is 0.356 e. The second-order valence-electron chi connectivity index (χ2n) is 5.46. The Balaban J connectivity index is 1.68. The molecule has 2 aliphatic heterocycles. The standard InChI is InChI=1S/C16H18N4/c1-2-6-14-13(5-1)7-10-20(14)16-11-15(17-12-18-16)19-8-3-4-9-19/h1-2,5-6,11-12H,3-4,7-10H2. The van der Waals surface area contributed by atoms with Gasteiger partial charge in [-0.1, -0.05) is 18.2 Å². The number of benzene rings is 1. The number of para-hydroxylation sites is 1. The SMILES string of the molecule is c1ccc2c(c1)CCN2c1cc(N2CCCC2)ncn1. The summed E-state index contributed by atoms with van der Waals surface area (Å²) in [7, 11) is 0. The van der Waals surface area contributed by atoms with E-state index in [0.29, 0.717) is 0 Å². The predicted octanol–water partition coefficient (Wildman–Crippen LogP) is 2.77. The first-order valence-electron chi connectivity index (χ1n) is 7.34. The summed E-state index contributed by atoms with van der Waals surface area (Å²) in [6, 6.07) is 10.7. The van der Waals surface area contributed by atoms with Crippen LogP contribution in [-0.2, 0) is 6.42 Å². The molecule has 0 spiro atoms. The highest BCUT2D eigenvalue weighted by Gasteiger charge is 2.22. The molecule has 20 heavy (non-hydrogen) atoms. The number of hydrogen-bond acceptors (Lipinski definition) is 4. The maximum atomic E-state index is 4.48. The third kappa shape index (κ3) is 1.92. The van der Waals surface area contributed by atoms with E-state index in [0.717, 1.165) is 37.7 Å². The minimum absolute atomic E-state index is 1.01. The monoisotopic (exact) mass is 266 g/mol. The van der Waals surface area contributed by atoms with Gasteiger partial charge in [0, 0.05) is 31.4 Å². The van der Waals surface area contributed by atoms with Crippen molar-refractivity contribution in [1.82, 2.24) is 9.97 Å². The van der Waals surface area contributed by atoms with Crippen molar-refractivity contribution in [2.45, 2.75) is 19.3 Å². The highest BCUT2D eigenvalue weighted by atomic mass is 15.2. The number of hydrogen-bond donors (Lipinski definition) is 0. The van der Waals surface area contributed by atoms with Crippen LogP contribution >= 0.6 is 0 Å². The van der Waals surface area contributed by atoms with Crippen molar-refractivity contribution in [3.8, 4) is 0 Å². The van der Waals surface area contributed by atoms with E-state index >= 15 is 0 Å². The molecule has 0 aliphatic carbocycles. The van der Waals surface area contributed by atoms with Gasteiger partial charge in [0.15, 0.2) is 0 Å². The molecule has 3 heterocycles. The first kappa shape index (κ1) is 11.7. The molecule has 2 aromatic rings. The van der Waals surface area contributed by atoms with Gasteiger partial charge in [-0.15, -0.1) is 0 Å². The molecule has 0 radical (unpaired) electrons. The van der Waals surface area contributed by atoms with Gasteiger partial charge in [-0.05, 0) is 30.9 Å². The molecule has 102 valence electrons. The van der Waals surface area contributed by atoms with Gasteiger partial charge in [0.1, 0.15) is 18.0 Å². The van der Waals surface area contributed by atoms with E-state index in [9.17, 15) is 0 Å². The second kappa shape index (κ2) is 4.78. The Labute approximate surface area is 119 Å². The lowest BCUT2D eigenvalue weighted by Gasteiger charge is -2.21. The molecule has 1 fully saturated rings. The van der Waals surface area contributed by atoms with Crippen LogP contribution in [0.3, 0.4) is 0 Å². The predicted molar refractivity (Wildman–Crippen MR) is 80.6 cm³/mol. The normalized spacial score (nSPS) is 17.6. The van der Waals surface area contributed by atoms with E-state index in [1.807, 2.05) is 0 Å². The molecule has 1 aromatic heterocycles. The van der Waals surface area contributed by atoms with Crippen LogP contribution < -0.4 is 9.80 Å². The number of nitrogens with zero attached hydrogens (tertiary/aromatic N) is 4. The molecule has 0 bridgehead atoms. The zero-order valence-electron chi connectivity index (χ0n) is 11.5. The zero-order valence-corrected chi connectivity index (χ0v) is 11.5.